The summed E-state index contributed by atoms with van der Waals surface area (Å²) in [5.74, 6) is 1.47. The Balaban J connectivity index is 0.00000196. The van der Waals surface area contributed by atoms with Crippen molar-refractivity contribution in [3.05, 3.63) is 40.4 Å². The van der Waals surface area contributed by atoms with Crippen molar-refractivity contribution in [1.82, 2.24) is 14.9 Å². The third-order valence-electron chi connectivity index (χ3n) is 5.96. The summed E-state index contributed by atoms with van der Waals surface area (Å²) in [7, 11) is 0. The van der Waals surface area contributed by atoms with Gasteiger partial charge in [0, 0.05) is 12.6 Å². The number of nitrogens with zero attached hydrogens (tertiary/aromatic N) is 2. The Morgan fingerprint density at radius 3 is 2.73 bits per heavy atom. The summed E-state index contributed by atoms with van der Waals surface area (Å²) in [6.45, 7) is 2.85. The van der Waals surface area contributed by atoms with Crippen LogP contribution in [0.4, 0.5) is 0 Å². The lowest BCUT2D eigenvalue weighted by molar-refractivity contribution is -0.138. The van der Waals surface area contributed by atoms with Gasteiger partial charge in [0.15, 0.2) is 0 Å². The first kappa shape index (κ1) is 18.9. The van der Waals surface area contributed by atoms with Gasteiger partial charge in [0.2, 0.25) is 5.91 Å². The highest BCUT2D eigenvalue weighted by Gasteiger charge is 2.50. The number of hydrogen-bond donors (Lipinski definition) is 2. The molecular formula is C19H25ClN4O2. The number of carbonyl (C=O) groups excluding carboxylic acids is 1. The van der Waals surface area contributed by atoms with E-state index in [4.69, 9.17) is 5.73 Å². The Morgan fingerprint density at radius 1 is 1.31 bits per heavy atom. The van der Waals surface area contributed by atoms with Gasteiger partial charge in [0.05, 0.1) is 23.4 Å². The molecule has 0 radical (unpaired) electrons. The molecule has 1 aromatic heterocycles. The maximum Gasteiger partial charge on any atom is 0.258 e. The predicted molar refractivity (Wildman–Crippen MR) is 103 cm³/mol. The SMILES string of the molecule is CCN(Cc1nc2ccccc2c(=O)[nH]1)C(=O)C1C2CCC(C2)C1N.Cl. The molecule has 2 aliphatic carbocycles. The zero-order valence-corrected chi connectivity index (χ0v) is 15.7. The van der Waals surface area contributed by atoms with Gasteiger partial charge in [-0.2, -0.15) is 0 Å². The van der Waals surface area contributed by atoms with Gasteiger partial charge in [0.25, 0.3) is 5.56 Å². The first-order chi connectivity index (χ1) is 12.1. The molecule has 1 amide bonds. The molecule has 1 heterocycles. The molecule has 4 unspecified atom stereocenters. The molecule has 3 N–H and O–H groups in total. The zero-order valence-electron chi connectivity index (χ0n) is 14.9. The highest BCUT2D eigenvalue weighted by atomic mass is 35.5. The van der Waals surface area contributed by atoms with E-state index in [9.17, 15) is 9.59 Å². The molecule has 2 bridgehead atoms. The van der Waals surface area contributed by atoms with Crippen LogP contribution in [0.2, 0.25) is 0 Å². The molecule has 4 rings (SSSR count). The standard InChI is InChI=1S/C19H24N4O2.ClH/c1-2-23(19(25)16-11-7-8-12(9-11)17(16)20)10-15-21-14-6-4-3-5-13(14)18(24)22-15;/h3-6,11-12,16-17H,2,7-10,20H2,1H3,(H,21,22,24);1H. The summed E-state index contributed by atoms with van der Waals surface area (Å²) < 4.78 is 0. The number of aromatic nitrogens is 2. The fourth-order valence-electron chi connectivity index (χ4n) is 4.65. The molecule has 2 aliphatic rings. The lowest BCUT2D eigenvalue weighted by Gasteiger charge is -2.32. The van der Waals surface area contributed by atoms with Crippen LogP contribution in [0.1, 0.15) is 32.0 Å². The van der Waals surface area contributed by atoms with Crippen molar-refractivity contribution in [2.24, 2.45) is 23.5 Å². The second-order valence-electron chi connectivity index (χ2n) is 7.32. The van der Waals surface area contributed by atoms with Crippen molar-refractivity contribution in [2.45, 2.75) is 38.8 Å². The van der Waals surface area contributed by atoms with Crippen molar-refractivity contribution in [3.8, 4) is 0 Å². The Bertz CT molecular complexity index is 866. The minimum atomic E-state index is -0.166. The van der Waals surface area contributed by atoms with Crippen LogP contribution in [-0.2, 0) is 11.3 Å². The summed E-state index contributed by atoms with van der Waals surface area (Å²) >= 11 is 0. The Hall–Kier alpha value is -1.92. The molecule has 2 aromatic rings. The van der Waals surface area contributed by atoms with E-state index in [-0.39, 0.29) is 35.8 Å². The highest BCUT2D eigenvalue weighted by molar-refractivity contribution is 5.85. The molecule has 140 valence electrons. The average Bonchev–Trinajstić information content (AvgIpc) is 3.20. The number of amides is 1. The molecule has 0 spiro atoms. The van der Waals surface area contributed by atoms with Crippen LogP contribution in [0.5, 0.6) is 0 Å². The number of H-pyrrole nitrogens is 1. The van der Waals surface area contributed by atoms with E-state index in [1.54, 1.807) is 11.0 Å². The summed E-state index contributed by atoms with van der Waals surface area (Å²) in [5, 5.41) is 0.566. The second kappa shape index (κ2) is 7.37. The van der Waals surface area contributed by atoms with Crippen molar-refractivity contribution in [2.75, 3.05) is 6.54 Å². The van der Waals surface area contributed by atoms with E-state index < -0.39 is 0 Å². The zero-order chi connectivity index (χ0) is 17.6. The number of para-hydroxylation sites is 1. The number of rotatable bonds is 4. The van der Waals surface area contributed by atoms with Crippen LogP contribution in [0.15, 0.2) is 29.1 Å². The number of carbonyl (C=O) groups is 1. The third-order valence-corrected chi connectivity index (χ3v) is 5.96. The molecule has 0 saturated heterocycles. The van der Waals surface area contributed by atoms with Gasteiger partial charge < -0.3 is 15.6 Å². The van der Waals surface area contributed by atoms with Gasteiger partial charge in [-0.05, 0) is 50.2 Å². The lowest BCUT2D eigenvalue weighted by atomic mass is 9.84. The van der Waals surface area contributed by atoms with Gasteiger partial charge >= 0.3 is 0 Å². The maximum atomic E-state index is 13.1. The van der Waals surface area contributed by atoms with E-state index in [0.29, 0.717) is 41.7 Å². The monoisotopic (exact) mass is 376 g/mol. The maximum absolute atomic E-state index is 13.1. The van der Waals surface area contributed by atoms with E-state index >= 15 is 0 Å². The van der Waals surface area contributed by atoms with Crippen molar-refractivity contribution < 1.29 is 4.79 Å². The van der Waals surface area contributed by atoms with Gasteiger partial charge in [-0.15, -0.1) is 12.4 Å². The Kier molecular flexibility index (Phi) is 5.34. The number of benzene rings is 1. The van der Waals surface area contributed by atoms with Crippen molar-refractivity contribution >= 4 is 29.2 Å². The van der Waals surface area contributed by atoms with Crippen LogP contribution in [0, 0.1) is 17.8 Å². The predicted octanol–water partition coefficient (Wildman–Crippen LogP) is 2.07. The first-order valence-electron chi connectivity index (χ1n) is 9.10. The Morgan fingerprint density at radius 2 is 2.04 bits per heavy atom. The highest BCUT2D eigenvalue weighted by Crippen LogP contribution is 2.48. The smallest absolute Gasteiger partial charge is 0.258 e. The molecule has 26 heavy (non-hydrogen) atoms. The summed E-state index contributed by atoms with van der Waals surface area (Å²) in [6.07, 6.45) is 3.35. The molecule has 0 aliphatic heterocycles. The number of nitrogens with two attached hydrogens (primary N) is 1. The first-order valence-corrected chi connectivity index (χ1v) is 9.10. The van der Waals surface area contributed by atoms with Crippen LogP contribution in [0.3, 0.4) is 0 Å². The van der Waals surface area contributed by atoms with E-state index in [2.05, 4.69) is 9.97 Å². The molecule has 7 heteroatoms. The fraction of sp³-hybridized carbons (Fsp3) is 0.526. The van der Waals surface area contributed by atoms with Gasteiger partial charge in [0.1, 0.15) is 5.82 Å². The normalized spacial score (nSPS) is 26.7. The molecule has 2 saturated carbocycles. The van der Waals surface area contributed by atoms with Gasteiger partial charge in [-0.25, -0.2) is 4.98 Å². The van der Waals surface area contributed by atoms with Crippen molar-refractivity contribution in [1.29, 1.82) is 0 Å². The Labute approximate surface area is 158 Å². The quantitative estimate of drug-likeness (QED) is 0.854. The third kappa shape index (κ3) is 3.12. The molecule has 2 fully saturated rings. The summed E-state index contributed by atoms with van der Waals surface area (Å²) in [4.78, 5) is 34.4. The average molecular weight is 377 g/mol. The second-order valence-corrected chi connectivity index (χ2v) is 7.32. The van der Waals surface area contributed by atoms with E-state index in [1.807, 2.05) is 25.1 Å². The fourth-order valence-corrected chi connectivity index (χ4v) is 4.65. The summed E-state index contributed by atoms with van der Waals surface area (Å²) in [6, 6.07) is 7.22. The molecule has 4 atom stereocenters. The van der Waals surface area contributed by atoms with Gasteiger partial charge in [-0.1, -0.05) is 12.1 Å². The summed E-state index contributed by atoms with van der Waals surface area (Å²) in [5.41, 5.74) is 6.82. The number of hydrogen-bond acceptors (Lipinski definition) is 4. The number of fused-ring (bicyclic) bond motifs is 3. The van der Waals surface area contributed by atoms with Crippen LogP contribution in [-0.4, -0.2) is 33.4 Å². The van der Waals surface area contributed by atoms with Crippen LogP contribution >= 0.6 is 12.4 Å². The van der Waals surface area contributed by atoms with Crippen LogP contribution in [0.25, 0.3) is 10.9 Å². The lowest BCUT2D eigenvalue weighted by Crippen LogP contribution is -2.47. The van der Waals surface area contributed by atoms with Crippen LogP contribution < -0.4 is 11.3 Å². The molecular weight excluding hydrogens is 352 g/mol. The number of aromatic amines is 1. The largest absolute Gasteiger partial charge is 0.335 e. The number of nitrogens with one attached hydrogen (secondary N) is 1. The minimum absolute atomic E-state index is 0. The van der Waals surface area contributed by atoms with Crippen molar-refractivity contribution in [3.63, 3.8) is 0 Å². The van der Waals surface area contributed by atoms with E-state index in [1.165, 1.54) is 0 Å². The van der Waals surface area contributed by atoms with Gasteiger partial charge in [-0.3, -0.25) is 9.59 Å². The molecule has 1 aromatic carbocycles. The van der Waals surface area contributed by atoms with E-state index in [0.717, 1.165) is 19.3 Å². The topological polar surface area (TPSA) is 92.1 Å². The number of halogens is 1. The molecule has 6 nitrogen and oxygen atoms in total. The minimum Gasteiger partial charge on any atom is -0.335 e.